The van der Waals surface area contributed by atoms with Gasteiger partial charge in [0.15, 0.2) is 5.76 Å². The summed E-state index contributed by atoms with van der Waals surface area (Å²) in [6, 6.07) is 9.08. The van der Waals surface area contributed by atoms with Gasteiger partial charge in [-0.25, -0.2) is 0 Å². The lowest BCUT2D eigenvalue weighted by molar-refractivity contribution is -0.131. The fourth-order valence-corrected chi connectivity index (χ4v) is 4.34. The molecule has 0 spiro atoms. The first-order chi connectivity index (χ1) is 13.1. The summed E-state index contributed by atoms with van der Waals surface area (Å²) in [6.07, 6.45) is 1.62. The number of nitrogens with zero attached hydrogens (tertiary/aromatic N) is 1. The normalized spacial score (nSPS) is 22.7. The molecule has 1 aromatic heterocycles. The number of ketones is 1. The van der Waals surface area contributed by atoms with Crippen LogP contribution in [0.25, 0.3) is 0 Å². The van der Waals surface area contributed by atoms with Crippen molar-refractivity contribution < 1.29 is 24.5 Å². The van der Waals surface area contributed by atoms with Gasteiger partial charge in [0.2, 0.25) is 5.78 Å². The Bertz CT molecular complexity index is 899. The molecule has 2 aromatic rings. The maximum atomic E-state index is 13.0. The number of carbonyl (C=O) groups excluding carboxylic acids is 2. The summed E-state index contributed by atoms with van der Waals surface area (Å²) < 4.78 is 5.65. The van der Waals surface area contributed by atoms with Gasteiger partial charge >= 0.3 is 0 Å². The van der Waals surface area contributed by atoms with Gasteiger partial charge in [0.1, 0.15) is 5.75 Å². The van der Waals surface area contributed by atoms with Crippen molar-refractivity contribution >= 4 is 23.0 Å². The van der Waals surface area contributed by atoms with Gasteiger partial charge in [-0.2, -0.15) is 0 Å². The smallest absolute Gasteiger partial charge is 0.290 e. The van der Waals surface area contributed by atoms with E-state index in [-0.39, 0.29) is 29.8 Å². The number of aliphatic hydroxyl groups is 1. The molecule has 7 heteroatoms. The van der Waals surface area contributed by atoms with Crippen LogP contribution in [0, 0.1) is 0 Å². The van der Waals surface area contributed by atoms with Crippen LogP contribution >= 0.6 is 11.3 Å². The minimum absolute atomic E-state index is 0.0336. The maximum Gasteiger partial charge on any atom is 0.290 e. The van der Waals surface area contributed by atoms with Crippen LogP contribution in [0.2, 0.25) is 0 Å². The van der Waals surface area contributed by atoms with E-state index in [0.29, 0.717) is 17.0 Å². The minimum Gasteiger partial charge on any atom is -0.508 e. The fourth-order valence-electron chi connectivity index (χ4n) is 3.66. The van der Waals surface area contributed by atoms with Gasteiger partial charge in [0, 0.05) is 13.2 Å². The Hall–Kier alpha value is -2.64. The molecular weight excluding hydrogens is 366 g/mol. The molecule has 2 aliphatic rings. The average Bonchev–Trinajstić information content (AvgIpc) is 3.40. The van der Waals surface area contributed by atoms with E-state index in [0.717, 1.165) is 12.8 Å². The average molecular weight is 385 g/mol. The molecule has 6 nitrogen and oxygen atoms in total. The summed E-state index contributed by atoms with van der Waals surface area (Å²) >= 11 is 1.26. The fraction of sp³-hybridized carbons (Fsp3) is 0.300. The summed E-state index contributed by atoms with van der Waals surface area (Å²) in [4.78, 5) is 27.8. The van der Waals surface area contributed by atoms with E-state index in [2.05, 4.69) is 0 Å². The zero-order valence-corrected chi connectivity index (χ0v) is 15.3. The van der Waals surface area contributed by atoms with Crippen molar-refractivity contribution in [2.45, 2.75) is 25.0 Å². The van der Waals surface area contributed by atoms with Crippen molar-refractivity contribution in [3.63, 3.8) is 0 Å². The predicted molar refractivity (Wildman–Crippen MR) is 99.8 cm³/mol. The first-order valence-corrected chi connectivity index (χ1v) is 9.67. The van der Waals surface area contributed by atoms with Crippen molar-refractivity contribution in [1.82, 2.24) is 4.90 Å². The molecule has 27 heavy (non-hydrogen) atoms. The topological polar surface area (TPSA) is 87.1 Å². The largest absolute Gasteiger partial charge is 0.508 e. The number of hydrogen-bond acceptors (Lipinski definition) is 6. The van der Waals surface area contributed by atoms with E-state index in [1.165, 1.54) is 28.4 Å². The Balaban J connectivity index is 1.76. The molecule has 2 atom stereocenters. The summed E-state index contributed by atoms with van der Waals surface area (Å²) in [7, 11) is 0. The first kappa shape index (κ1) is 17.8. The van der Waals surface area contributed by atoms with Crippen LogP contribution in [0.4, 0.5) is 0 Å². The van der Waals surface area contributed by atoms with Crippen LogP contribution in [-0.4, -0.2) is 46.1 Å². The summed E-state index contributed by atoms with van der Waals surface area (Å²) in [5.41, 5.74) is 0.622. The predicted octanol–water partition coefficient (Wildman–Crippen LogP) is 3.21. The molecule has 2 aliphatic heterocycles. The van der Waals surface area contributed by atoms with Crippen LogP contribution in [0.1, 0.15) is 34.1 Å². The number of aliphatic hydroxyl groups excluding tert-OH is 1. The Morgan fingerprint density at radius 1 is 1.26 bits per heavy atom. The SMILES string of the molecule is O=C(C1=C(O)C(=O)N(C[C@H]2CCCO2)[C@H]1c1cccc(O)c1)c1cccs1. The van der Waals surface area contributed by atoms with Crippen molar-refractivity contribution in [3.8, 4) is 5.75 Å². The third-order valence-electron chi connectivity index (χ3n) is 4.90. The summed E-state index contributed by atoms with van der Waals surface area (Å²) in [5.74, 6) is -1.45. The molecule has 1 saturated heterocycles. The number of thiophene rings is 1. The second-order valence-electron chi connectivity index (χ2n) is 6.66. The molecule has 0 bridgehead atoms. The van der Waals surface area contributed by atoms with Gasteiger partial charge in [-0.15, -0.1) is 11.3 Å². The Kier molecular flexibility index (Phi) is 4.72. The molecule has 0 unspecified atom stereocenters. The van der Waals surface area contributed by atoms with Gasteiger partial charge in [0.05, 0.1) is 22.6 Å². The molecule has 0 aliphatic carbocycles. The van der Waals surface area contributed by atoms with E-state index in [9.17, 15) is 19.8 Å². The zero-order chi connectivity index (χ0) is 19.0. The minimum atomic E-state index is -0.761. The number of hydrogen-bond donors (Lipinski definition) is 2. The van der Waals surface area contributed by atoms with Gasteiger partial charge in [0.25, 0.3) is 5.91 Å². The van der Waals surface area contributed by atoms with E-state index in [1.807, 2.05) is 0 Å². The van der Waals surface area contributed by atoms with Crippen LogP contribution in [0.3, 0.4) is 0 Å². The zero-order valence-electron chi connectivity index (χ0n) is 14.5. The number of aromatic hydroxyl groups is 1. The van der Waals surface area contributed by atoms with Crippen LogP contribution in [0.15, 0.2) is 53.1 Å². The van der Waals surface area contributed by atoms with Crippen molar-refractivity contribution in [3.05, 3.63) is 63.6 Å². The highest BCUT2D eigenvalue weighted by molar-refractivity contribution is 7.12. The third kappa shape index (κ3) is 3.24. The molecule has 140 valence electrons. The number of phenolic OH excluding ortho intramolecular Hbond substituents is 1. The number of carbonyl (C=O) groups is 2. The molecule has 1 fully saturated rings. The molecule has 0 saturated carbocycles. The van der Waals surface area contributed by atoms with E-state index < -0.39 is 17.7 Å². The van der Waals surface area contributed by atoms with E-state index in [1.54, 1.807) is 29.6 Å². The van der Waals surface area contributed by atoms with Crippen LogP contribution in [-0.2, 0) is 9.53 Å². The van der Waals surface area contributed by atoms with Crippen LogP contribution in [0.5, 0.6) is 5.75 Å². The van der Waals surface area contributed by atoms with Crippen molar-refractivity contribution in [2.24, 2.45) is 0 Å². The third-order valence-corrected chi connectivity index (χ3v) is 5.77. The Labute approximate surface area is 160 Å². The maximum absolute atomic E-state index is 13.0. The molecule has 1 amide bonds. The lowest BCUT2D eigenvalue weighted by atomic mass is 9.95. The van der Waals surface area contributed by atoms with Crippen molar-refractivity contribution in [1.29, 1.82) is 0 Å². The molecule has 2 N–H and O–H groups in total. The highest BCUT2D eigenvalue weighted by Crippen LogP contribution is 2.40. The number of Topliss-reactive ketones (excluding diaryl/α,β-unsaturated/α-hetero) is 1. The van der Waals surface area contributed by atoms with Crippen LogP contribution < -0.4 is 0 Å². The van der Waals surface area contributed by atoms with Gasteiger partial charge in [-0.05, 0) is 42.0 Å². The van der Waals surface area contributed by atoms with Gasteiger partial charge in [-0.1, -0.05) is 18.2 Å². The van der Waals surface area contributed by atoms with Crippen molar-refractivity contribution in [2.75, 3.05) is 13.2 Å². The van der Waals surface area contributed by atoms with Gasteiger partial charge < -0.3 is 19.8 Å². The monoisotopic (exact) mass is 385 g/mol. The molecule has 1 aromatic carbocycles. The Morgan fingerprint density at radius 2 is 2.11 bits per heavy atom. The van der Waals surface area contributed by atoms with E-state index >= 15 is 0 Å². The van der Waals surface area contributed by atoms with Gasteiger partial charge in [-0.3, -0.25) is 9.59 Å². The highest BCUT2D eigenvalue weighted by Gasteiger charge is 2.45. The second kappa shape index (κ2) is 7.17. The summed E-state index contributed by atoms with van der Waals surface area (Å²) in [6.45, 7) is 0.925. The second-order valence-corrected chi connectivity index (χ2v) is 7.61. The quantitative estimate of drug-likeness (QED) is 0.772. The lowest BCUT2D eigenvalue weighted by Gasteiger charge is -2.28. The lowest BCUT2D eigenvalue weighted by Crippen LogP contribution is -2.37. The standard InChI is InChI=1S/C20H19NO5S/c22-13-5-1-4-12(10-13)17-16(18(23)15-7-3-9-27-15)19(24)20(25)21(17)11-14-6-2-8-26-14/h1,3-5,7,9-10,14,17,22,24H,2,6,8,11H2/t14-,17+/m1/s1. The number of benzene rings is 1. The highest BCUT2D eigenvalue weighted by atomic mass is 32.1. The number of rotatable bonds is 5. The first-order valence-electron chi connectivity index (χ1n) is 8.79. The van der Waals surface area contributed by atoms with E-state index in [4.69, 9.17) is 4.74 Å². The number of phenols is 1. The molecular formula is C20H19NO5S. The number of amides is 1. The number of ether oxygens (including phenoxy) is 1. The summed E-state index contributed by atoms with van der Waals surface area (Å²) in [5, 5.41) is 22.2. The Morgan fingerprint density at radius 3 is 2.78 bits per heavy atom. The molecule has 3 heterocycles. The molecule has 4 rings (SSSR count). The molecule has 0 radical (unpaired) electrons.